The van der Waals surface area contributed by atoms with E-state index in [1.807, 2.05) is 30.3 Å². The third-order valence-electron chi connectivity index (χ3n) is 3.61. The van der Waals surface area contributed by atoms with Gasteiger partial charge in [0.2, 0.25) is 5.91 Å². The fourth-order valence-corrected chi connectivity index (χ4v) is 2.18. The van der Waals surface area contributed by atoms with Crippen LogP contribution in [0.15, 0.2) is 54.6 Å². The molecule has 0 aliphatic heterocycles. The van der Waals surface area contributed by atoms with Gasteiger partial charge >= 0.3 is 5.97 Å². The Morgan fingerprint density at radius 2 is 1.74 bits per heavy atom. The molecule has 0 unspecified atom stereocenters. The molecule has 27 heavy (non-hydrogen) atoms. The largest absolute Gasteiger partial charge is 0.449 e. The number of carbonyl (C=O) groups is 3. The minimum absolute atomic E-state index is 0.246. The summed E-state index contributed by atoms with van der Waals surface area (Å²) in [6, 6.07) is 17.1. The summed E-state index contributed by atoms with van der Waals surface area (Å²) in [6.45, 7) is 1.84. The minimum Gasteiger partial charge on any atom is -0.449 e. The Morgan fingerprint density at radius 1 is 1.07 bits per heavy atom. The Hall–Kier alpha value is -3.66. The Balaban J connectivity index is 1.85. The zero-order chi connectivity index (χ0) is 19.6. The van der Waals surface area contributed by atoms with E-state index in [2.05, 4.69) is 10.6 Å². The molecule has 2 rings (SSSR count). The summed E-state index contributed by atoms with van der Waals surface area (Å²) in [5.74, 6) is -1.48. The Kier molecular flexibility index (Phi) is 7.08. The van der Waals surface area contributed by atoms with Crippen molar-refractivity contribution >= 4 is 23.5 Å². The second-order valence-corrected chi connectivity index (χ2v) is 5.71. The third-order valence-corrected chi connectivity index (χ3v) is 3.61. The van der Waals surface area contributed by atoms with Crippen LogP contribution in [0.4, 0.5) is 5.69 Å². The number of nitrogens with zero attached hydrogens (tertiary/aromatic N) is 1. The Morgan fingerprint density at radius 3 is 2.37 bits per heavy atom. The fourth-order valence-electron chi connectivity index (χ4n) is 2.18. The molecule has 0 aliphatic rings. The first-order valence-electron chi connectivity index (χ1n) is 8.29. The smallest absolute Gasteiger partial charge is 0.338 e. The molecule has 7 heteroatoms. The molecule has 2 aromatic rings. The van der Waals surface area contributed by atoms with Crippen molar-refractivity contribution in [2.75, 3.05) is 5.32 Å². The normalized spacial score (nSPS) is 11.0. The molecule has 2 aromatic carbocycles. The molecule has 0 fully saturated rings. The van der Waals surface area contributed by atoms with Crippen molar-refractivity contribution in [1.82, 2.24) is 5.32 Å². The molecule has 0 spiro atoms. The SMILES string of the molecule is C[C@@H](OC(=O)c1ccc(NC(=O)CC#N)cc1)C(=O)NCc1ccccc1. The van der Waals surface area contributed by atoms with Crippen LogP contribution in [-0.2, 0) is 20.9 Å². The van der Waals surface area contributed by atoms with Crippen LogP contribution in [-0.4, -0.2) is 23.9 Å². The summed E-state index contributed by atoms with van der Waals surface area (Å²) in [6.07, 6.45) is -1.20. The van der Waals surface area contributed by atoms with Crippen molar-refractivity contribution < 1.29 is 19.1 Å². The van der Waals surface area contributed by atoms with Gasteiger partial charge in [-0.15, -0.1) is 0 Å². The molecule has 2 amide bonds. The minimum atomic E-state index is -0.948. The summed E-state index contributed by atoms with van der Waals surface area (Å²) in [7, 11) is 0. The molecule has 0 aliphatic carbocycles. The zero-order valence-electron chi connectivity index (χ0n) is 14.8. The van der Waals surface area contributed by atoms with Gasteiger partial charge in [-0.3, -0.25) is 9.59 Å². The van der Waals surface area contributed by atoms with Crippen LogP contribution < -0.4 is 10.6 Å². The lowest BCUT2D eigenvalue weighted by Crippen LogP contribution is -2.35. The average Bonchev–Trinajstić information content (AvgIpc) is 2.67. The van der Waals surface area contributed by atoms with E-state index in [9.17, 15) is 14.4 Å². The maximum atomic E-state index is 12.1. The first-order chi connectivity index (χ1) is 13.0. The van der Waals surface area contributed by atoms with Crippen LogP contribution >= 0.6 is 0 Å². The molecule has 0 radical (unpaired) electrons. The summed E-state index contributed by atoms with van der Waals surface area (Å²) in [5.41, 5.74) is 1.65. The summed E-state index contributed by atoms with van der Waals surface area (Å²) in [5, 5.41) is 13.7. The van der Waals surface area contributed by atoms with E-state index >= 15 is 0 Å². The number of benzene rings is 2. The summed E-state index contributed by atoms with van der Waals surface area (Å²) < 4.78 is 5.16. The molecule has 0 aromatic heterocycles. The van der Waals surface area contributed by atoms with Crippen LogP contribution in [0.3, 0.4) is 0 Å². The highest BCUT2D eigenvalue weighted by molar-refractivity contribution is 5.94. The molecule has 138 valence electrons. The van der Waals surface area contributed by atoms with E-state index in [0.717, 1.165) is 5.56 Å². The van der Waals surface area contributed by atoms with Crippen molar-refractivity contribution in [2.45, 2.75) is 26.0 Å². The van der Waals surface area contributed by atoms with Gasteiger partial charge in [0.05, 0.1) is 11.6 Å². The second-order valence-electron chi connectivity index (χ2n) is 5.71. The lowest BCUT2D eigenvalue weighted by Gasteiger charge is -2.14. The highest BCUT2D eigenvalue weighted by atomic mass is 16.5. The van der Waals surface area contributed by atoms with Gasteiger partial charge in [0.25, 0.3) is 5.91 Å². The molecule has 0 saturated heterocycles. The van der Waals surface area contributed by atoms with E-state index in [1.165, 1.54) is 31.2 Å². The molecule has 0 bridgehead atoms. The van der Waals surface area contributed by atoms with Crippen molar-refractivity contribution in [3.05, 3.63) is 65.7 Å². The fraction of sp³-hybridized carbons (Fsp3) is 0.200. The van der Waals surface area contributed by atoms with Crippen molar-refractivity contribution in [3.63, 3.8) is 0 Å². The highest BCUT2D eigenvalue weighted by Gasteiger charge is 2.18. The number of anilines is 1. The van der Waals surface area contributed by atoms with E-state index in [4.69, 9.17) is 10.00 Å². The first-order valence-corrected chi connectivity index (χ1v) is 8.29. The van der Waals surface area contributed by atoms with Crippen molar-refractivity contribution in [1.29, 1.82) is 5.26 Å². The Labute approximate surface area is 156 Å². The zero-order valence-corrected chi connectivity index (χ0v) is 14.8. The van der Waals surface area contributed by atoms with Gasteiger partial charge in [-0.2, -0.15) is 5.26 Å². The number of hydrogen-bond donors (Lipinski definition) is 2. The monoisotopic (exact) mass is 365 g/mol. The average molecular weight is 365 g/mol. The maximum Gasteiger partial charge on any atom is 0.338 e. The van der Waals surface area contributed by atoms with Gasteiger partial charge < -0.3 is 15.4 Å². The molecule has 2 N–H and O–H groups in total. The lowest BCUT2D eigenvalue weighted by molar-refractivity contribution is -0.129. The third kappa shape index (κ3) is 6.29. The van der Waals surface area contributed by atoms with Gasteiger partial charge in [0.15, 0.2) is 6.10 Å². The number of ether oxygens (including phenoxy) is 1. The van der Waals surface area contributed by atoms with Crippen molar-refractivity contribution in [2.24, 2.45) is 0 Å². The molecule has 1 atom stereocenters. The molecule has 0 heterocycles. The van der Waals surface area contributed by atoms with Gasteiger partial charge in [-0.25, -0.2) is 4.79 Å². The van der Waals surface area contributed by atoms with Crippen LogP contribution in [0.25, 0.3) is 0 Å². The number of hydrogen-bond acceptors (Lipinski definition) is 5. The molecule has 7 nitrogen and oxygen atoms in total. The molecule has 0 saturated carbocycles. The van der Waals surface area contributed by atoms with Crippen LogP contribution in [0.2, 0.25) is 0 Å². The van der Waals surface area contributed by atoms with Crippen LogP contribution in [0.5, 0.6) is 0 Å². The van der Waals surface area contributed by atoms with E-state index < -0.39 is 23.9 Å². The summed E-state index contributed by atoms with van der Waals surface area (Å²) in [4.78, 5) is 35.5. The van der Waals surface area contributed by atoms with E-state index in [1.54, 1.807) is 6.07 Å². The summed E-state index contributed by atoms with van der Waals surface area (Å²) >= 11 is 0. The number of carbonyl (C=O) groups excluding carboxylic acids is 3. The van der Waals surface area contributed by atoms with Gasteiger partial charge in [-0.1, -0.05) is 30.3 Å². The second kappa shape index (κ2) is 9.73. The van der Waals surface area contributed by atoms with Gasteiger partial charge in [0.1, 0.15) is 6.42 Å². The predicted molar refractivity (Wildman–Crippen MR) is 98.5 cm³/mol. The van der Waals surface area contributed by atoms with Crippen LogP contribution in [0, 0.1) is 11.3 Å². The van der Waals surface area contributed by atoms with E-state index in [0.29, 0.717) is 12.2 Å². The number of nitrogens with one attached hydrogen (secondary N) is 2. The predicted octanol–water partition coefficient (Wildman–Crippen LogP) is 2.40. The number of amides is 2. The van der Waals surface area contributed by atoms with Crippen molar-refractivity contribution in [3.8, 4) is 6.07 Å². The van der Waals surface area contributed by atoms with E-state index in [-0.39, 0.29) is 12.0 Å². The number of rotatable bonds is 7. The standard InChI is InChI=1S/C20H19N3O4/c1-14(19(25)22-13-15-5-3-2-4-6-15)27-20(26)16-7-9-17(10-8-16)23-18(24)11-12-21/h2-10,14H,11,13H2,1H3,(H,22,25)(H,23,24)/t14-/m1/s1. The highest BCUT2D eigenvalue weighted by Crippen LogP contribution is 2.12. The lowest BCUT2D eigenvalue weighted by atomic mass is 10.2. The first kappa shape index (κ1) is 19.7. The van der Waals surface area contributed by atoms with Gasteiger partial charge in [-0.05, 0) is 36.8 Å². The Bertz CT molecular complexity index is 842. The molecular weight excluding hydrogens is 346 g/mol. The van der Waals surface area contributed by atoms with Gasteiger partial charge in [0, 0.05) is 12.2 Å². The number of esters is 1. The maximum absolute atomic E-state index is 12.1. The number of nitriles is 1. The quantitative estimate of drug-likeness (QED) is 0.733. The van der Waals surface area contributed by atoms with Crippen LogP contribution in [0.1, 0.15) is 29.3 Å². The topological polar surface area (TPSA) is 108 Å². The molecular formula is C20H19N3O4.